The van der Waals surface area contributed by atoms with Crippen molar-refractivity contribution in [2.45, 2.75) is 51.1 Å². The van der Waals surface area contributed by atoms with E-state index in [0.29, 0.717) is 12.1 Å². The Balaban J connectivity index is 1.76. The second kappa shape index (κ2) is 6.86. The molecule has 134 valence electrons. The number of nitrogens with zero attached hydrogens (tertiary/aromatic N) is 2. The van der Waals surface area contributed by atoms with E-state index in [1.165, 1.54) is 0 Å². The third-order valence-electron chi connectivity index (χ3n) is 5.34. The van der Waals surface area contributed by atoms with Crippen LogP contribution < -0.4 is 5.32 Å². The van der Waals surface area contributed by atoms with Crippen LogP contribution in [0.2, 0.25) is 0 Å². The zero-order chi connectivity index (χ0) is 18.0. The second-order valence-corrected chi connectivity index (χ2v) is 6.96. The van der Waals surface area contributed by atoms with Crippen LogP contribution in [0.15, 0.2) is 30.3 Å². The number of rotatable bonds is 4. The van der Waals surface area contributed by atoms with Gasteiger partial charge in [0.1, 0.15) is 12.1 Å². The number of urea groups is 1. The minimum absolute atomic E-state index is 0.146. The third-order valence-corrected chi connectivity index (χ3v) is 5.34. The number of likely N-dealkylation sites (tertiary alicyclic amines) is 1. The predicted octanol–water partition coefficient (Wildman–Crippen LogP) is 2.24. The molecule has 3 rings (SSSR count). The molecule has 2 heterocycles. The molecule has 2 aliphatic rings. The number of nitrogens with one attached hydrogen (secondary N) is 1. The first kappa shape index (κ1) is 17.5. The highest BCUT2D eigenvalue weighted by atomic mass is 16.2. The Hall–Kier alpha value is -2.37. The first-order chi connectivity index (χ1) is 12.0. The van der Waals surface area contributed by atoms with Crippen molar-refractivity contribution in [3.05, 3.63) is 35.9 Å². The van der Waals surface area contributed by atoms with Gasteiger partial charge in [0.2, 0.25) is 5.91 Å². The summed E-state index contributed by atoms with van der Waals surface area (Å²) < 4.78 is 0. The van der Waals surface area contributed by atoms with Crippen LogP contribution >= 0.6 is 0 Å². The van der Waals surface area contributed by atoms with Crippen molar-refractivity contribution in [2.24, 2.45) is 0 Å². The molecule has 2 aliphatic heterocycles. The summed E-state index contributed by atoms with van der Waals surface area (Å²) in [6.45, 7) is 4.26. The van der Waals surface area contributed by atoms with Crippen molar-refractivity contribution in [3.8, 4) is 0 Å². The Bertz CT molecular complexity index is 676. The maximum Gasteiger partial charge on any atom is 0.325 e. The molecule has 2 saturated heterocycles. The number of piperidine rings is 1. The molecular weight excluding hydrogens is 318 g/mol. The van der Waals surface area contributed by atoms with E-state index in [9.17, 15) is 14.4 Å². The summed E-state index contributed by atoms with van der Waals surface area (Å²) in [6, 6.07) is 8.83. The van der Waals surface area contributed by atoms with E-state index in [2.05, 4.69) is 12.2 Å². The van der Waals surface area contributed by atoms with Crippen molar-refractivity contribution in [2.75, 3.05) is 13.1 Å². The number of hydrogen-bond donors (Lipinski definition) is 1. The predicted molar refractivity (Wildman–Crippen MR) is 93.7 cm³/mol. The van der Waals surface area contributed by atoms with E-state index in [0.717, 1.165) is 30.6 Å². The number of hydrogen-bond acceptors (Lipinski definition) is 3. The van der Waals surface area contributed by atoms with Gasteiger partial charge in [0.05, 0.1) is 0 Å². The van der Waals surface area contributed by atoms with Gasteiger partial charge in [0, 0.05) is 12.6 Å². The smallest absolute Gasteiger partial charge is 0.325 e. The van der Waals surface area contributed by atoms with Crippen molar-refractivity contribution in [1.82, 2.24) is 15.1 Å². The first-order valence-corrected chi connectivity index (χ1v) is 8.96. The van der Waals surface area contributed by atoms with Crippen molar-refractivity contribution in [1.29, 1.82) is 0 Å². The normalized spacial score (nSPS) is 26.7. The van der Waals surface area contributed by atoms with E-state index < -0.39 is 11.6 Å². The standard InChI is InChI=1S/C19H25N3O3/c1-3-15-11-7-8-12-21(15)16(23)13-22-17(24)19(2,20-18(22)25)14-9-5-4-6-10-14/h4-6,9-10,15H,3,7-8,11-13H2,1-2H3,(H,20,25)/t15-,19-/m0/s1. The zero-order valence-electron chi connectivity index (χ0n) is 14.8. The Morgan fingerprint density at radius 3 is 2.64 bits per heavy atom. The largest absolute Gasteiger partial charge is 0.338 e. The maximum absolute atomic E-state index is 12.9. The van der Waals surface area contributed by atoms with Crippen LogP contribution in [0.25, 0.3) is 0 Å². The van der Waals surface area contributed by atoms with E-state index in [4.69, 9.17) is 0 Å². The average Bonchev–Trinajstić information content (AvgIpc) is 2.86. The molecule has 25 heavy (non-hydrogen) atoms. The molecule has 1 aromatic rings. The Kier molecular flexibility index (Phi) is 4.79. The lowest BCUT2D eigenvalue weighted by Gasteiger charge is -2.36. The van der Waals surface area contributed by atoms with Crippen molar-refractivity contribution in [3.63, 3.8) is 0 Å². The summed E-state index contributed by atoms with van der Waals surface area (Å²) in [6.07, 6.45) is 3.99. The molecule has 2 atom stereocenters. The quantitative estimate of drug-likeness (QED) is 0.853. The summed E-state index contributed by atoms with van der Waals surface area (Å²) in [4.78, 5) is 40.8. The summed E-state index contributed by atoms with van der Waals surface area (Å²) in [5, 5.41) is 2.75. The summed E-state index contributed by atoms with van der Waals surface area (Å²) >= 11 is 0. The van der Waals surface area contributed by atoms with Gasteiger partial charge in [-0.3, -0.25) is 14.5 Å². The molecule has 0 spiro atoms. The van der Waals surface area contributed by atoms with Crippen LogP contribution in [-0.2, 0) is 15.1 Å². The summed E-state index contributed by atoms with van der Waals surface area (Å²) in [5.74, 6) is -0.519. The van der Waals surface area contributed by atoms with Crippen LogP contribution in [0.1, 0.15) is 45.1 Å². The highest BCUT2D eigenvalue weighted by Gasteiger charge is 2.49. The van der Waals surface area contributed by atoms with Gasteiger partial charge in [-0.25, -0.2) is 4.79 Å². The van der Waals surface area contributed by atoms with Crippen molar-refractivity contribution < 1.29 is 14.4 Å². The molecule has 0 aromatic heterocycles. The van der Waals surface area contributed by atoms with Gasteiger partial charge in [-0.1, -0.05) is 37.3 Å². The van der Waals surface area contributed by atoms with E-state index >= 15 is 0 Å². The lowest BCUT2D eigenvalue weighted by atomic mass is 9.92. The molecule has 2 fully saturated rings. The van der Waals surface area contributed by atoms with Gasteiger partial charge < -0.3 is 10.2 Å². The molecule has 6 nitrogen and oxygen atoms in total. The molecule has 0 aliphatic carbocycles. The number of carbonyl (C=O) groups excluding carboxylic acids is 3. The van der Waals surface area contributed by atoms with Crippen LogP contribution in [0.4, 0.5) is 4.79 Å². The van der Waals surface area contributed by atoms with E-state index in [1.807, 2.05) is 23.1 Å². The van der Waals surface area contributed by atoms with E-state index in [1.54, 1.807) is 19.1 Å². The highest BCUT2D eigenvalue weighted by Crippen LogP contribution is 2.29. The third kappa shape index (κ3) is 3.13. The fraction of sp³-hybridized carbons (Fsp3) is 0.526. The van der Waals surface area contributed by atoms with E-state index in [-0.39, 0.29) is 24.4 Å². The molecule has 0 unspecified atom stereocenters. The lowest BCUT2D eigenvalue weighted by Crippen LogP contribution is -2.49. The highest BCUT2D eigenvalue weighted by molar-refractivity contribution is 6.09. The number of benzene rings is 1. The van der Waals surface area contributed by atoms with Gasteiger partial charge >= 0.3 is 6.03 Å². The fourth-order valence-corrected chi connectivity index (χ4v) is 3.79. The Morgan fingerprint density at radius 2 is 1.96 bits per heavy atom. The monoisotopic (exact) mass is 343 g/mol. The molecule has 1 N–H and O–H groups in total. The molecule has 4 amide bonds. The number of carbonyl (C=O) groups is 3. The molecule has 0 bridgehead atoms. The van der Waals surface area contributed by atoms with Gasteiger partial charge in [0.15, 0.2) is 0 Å². The van der Waals surface area contributed by atoms with Crippen molar-refractivity contribution >= 4 is 17.8 Å². The average molecular weight is 343 g/mol. The lowest BCUT2D eigenvalue weighted by molar-refractivity contribution is -0.141. The van der Waals surface area contributed by atoms with Crippen LogP contribution in [-0.4, -0.2) is 46.8 Å². The SMILES string of the molecule is CC[C@H]1CCCCN1C(=O)CN1C(=O)N[C@@](C)(c2ccccc2)C1=O. The second-order valence-electron chi connectivity index (χ2n) is 6.96. The van der Waals surface area contributed by atoms with Gasteiger partial charge in [-0.15, -0.1) is 0 Å². The Labute approximate surface area is 148 Å². The van der Waals surface area contributed by atoms with Crippen LogP contribution in [0.3, 0.4) is 0 Å². The molecule has 6 heteroatoms. The molecule has 0 radical (unpaired) electrons. The molecule has 0 saturated carbocycles. The molecular formula is C19H25N3O3. The first-order valence-electron chi connectivity index (χ1n) is 8.96. The minimum Gasteiger partial charge on any atom is -0.338 e. The van der Waals surface area contributed by atoms with Gasteiger partial charge in [0.25, 0.3) is 5.91 Å². The molecule has 1 aromatic carbocycles. The fourth-order valence-electron chi connectivity index (χ4n) is 3.79. The van der Waals surface area contributed by atoms with Crippen LogP contribution in [0, 0.1) is 0 Å². The minimum atomic E-state index is -1.12. The van der Waals surface area contributed by atoms with Gasteiger partial charge in [-0.2, -0.15) is 0 Å². The number of imide groups is 1. The van der Waals surface area contributed by atoms with Gasteiger partial charge in [-0.05, 0) is 38.2 Å². The maximum atomic E-state index is 12.9. The zero-order valence-corrected chi connectivity index (χ0v) is 14.8. The summed E-state index contributed by atoms with van der Waals surface area (Å²) in [5.41, 5.74) is -0.405. The topological polar surface area (TPSA) is 69.7 Å². The summed E-state index contributed by atoms with van der Waals surface area (Å²) in [7, 11) is 0. The number of amides is 4. The Morgan fingerprint density at radius 1 is 1.24 bits per heavy atom. The van der Waals surface area contributed by atoms with Crippen LogP contribution in [0.5, 0.6) is 0 Å².